The summed E-state index contributed by atoms with van der Waals surface area (Å²) in [7, 11) is 0. The van der Waals surface area contributed by atoms with E-state index in [9.17, 15) is 0 Å². The van der Waals surface area contributed by atoms with Gasteiger partial charge in [0, 0.05) is 0 Å². The van der Waals surface area contributed by atoms with Gasteiger partial charge in [0.25, 0.3) is 0 Å². The summed E-state index contributed by atoms with van der Waals surface area (Å²) in [4.78, 5) is 9.03. The first-order chi connectivity index (χ1) is 9.74. The molecule has 20 heavy (non-hydrogen) atoms. The zero-order valence-corrected chi connectivity index (χ0v) is 10.8. The molecule has 0 aliphatic carbocycles. The lowest BCUT2D eigenvalue weighted by Crippen LogP contribution is -2.15. The summed E-state index contributed by atoms with van der Waals surface area (Å²) < 4.78 is 0. The van der Waals surface area contributed by atoms with Gasteiger partial charge in [0.15, 0.2) is 0 Å². The van der Waals surface area contributed by atoms with Gasteiger partial charge in [0.1, 0.15) is 6.10 Å². The number of hydrogen-bond donors (Lipinski definition) is 3. The van der Waals surface area contributed by atoms with Gasteiger partial charge < -0.3 is 15.3 Å². The molecule has 0 saturated carbocycles. The van der Waals surface area contributed by atoms with Gasteiger partial charge in [-0.3, -0.25) is 0 Å². The average molecular weight is 272 g/mol. The third-order valence-corrected chi connectivity index (χ3v) is 2.67. The molecule has 0 aliphatic heterocycles. The third-order valence-electron chi connectivity index (χ3n) is 2.67. The number of benzene rings is 2. The van der Waals surface area contributed by atoms with E-state index in [0.29, 0.717) is 0 Å². The van der Waals surface area contributed by atoms with Gasteiger partial charge in [-0.1, -0.05) is 24.3 Å². The Balaban J connectivity index is 0.000000212. The van der Waals surface area contributed by atoms with E-state index in [1.807, 2.05) is 48.5 Å². The van der Waals surface area contributed by atoms with E-state index in [2.05, 4.69) is 9.97 Å². The van der Waals surface area contributed by atoms with Crippen LogP contribution in [0.4, 0.5) is 0 Å². The Hall–Kier alpha value is -2.08. The summed E-state index contributed by atoms with van der Waals surface area (Å²) >= 11 is 0. The highest BCUT2D eigenvalue weighted by Crippen LogP contribution is 2.14. The summed E-state index contributed by atoms with van der Waals surface area (Å²) in [6, 6.07) is 15.8. The summed E-state index contributed by atoms with van der Waals surface area (Å²) in [6.45, 7) is -0.729. The molecule has 0 saturated heterocycles. The molecule has 5 nitrogen and oxygen atoms in total. The number of para-hydroxylation sites is 4. The van der Waals surface area contributed by atoms with Gasteiger partial charge in [-0.25, -0.2) is 9.97 Å². The van der Waals surface area contributed by atoms with Crippen LogP contribution in [0.3, 0.4) is 0 Å². The topological polar surface area (TPSA) is 86.5 Å². The van der Waals surface area contributed by atoms with Crippen LogP contribution in [0, 0.1) is 0 Å². The normalized spacial score (nSPS) is 10.6. The fourth-order valence-electron chi connectivity index (χ4n) is 1.62. The predicted molar refractivity (Wildman–Crippen MR) is 77.2 cm³/mol. The molecule has 5 heteroatoms. The second kappa shape index (κ2) is 6.91. The highest BCUT2D eigenvalue weighted by Gasteiger charge is 1.98. The van der Waals surface area contributed by atoms with Crippen molar-refractivity contribution in [1.29, 1.82) is 0 Å². The summed E-state index contributed by atoms with van der Waals surface area (Å²) in [5, 5.41) is 24.0. The zero-order valence-electron chi connectivity index (χ0n) is 10.8. The number of hydrogen-bond acceptors (Lipinski definition) is 5. The monoisotopic (exact) mass is 272 g/mol. The first kappa shape index (κ1) is 14.3. The molecular weight excluding hydrogens is 256 g/mol. The van der Waals surface area contributed by atoms with E-state index in [4.69, 9.17) is 15.3 Å². The molecule has 104 valence electrons. The van der Waals surface area contributed by atoms with Crippen LogP contribution in [0.25, 0.3) is 22.1 Å². The van der Waals surface area contributed by atoms with Crippen molar-refractivity contribution in [3.63, 3.8) is 0 Å². The second-order valence-electron chi connectivity index (χ2n) is 4.22. The Morgan fingerprint density at radius 3 is 1.20 bits per heavy atom. The van der Waals surface area contributed by atoms with E-state index >= 15 is 0 Å². The second-order valence-corrected chi connectivity index (χ2v) is 4.22. The SMILES string of the molecule is OCC(O)CO.c1ccc2nc3ccccc3nc2c1. The van der Waals surface area contributed by atoms with E-state index < -0.39 is 6.10 Å². The smallest absolute Gasteiger partial charge is 0.100 e. The van der Waals surface area contributed by atoms with Crippen molar-refractivity contribution < 1.29 is 15.3 Å². The van der Waals surface area contributed by atoms with Crippen LogP contribution >= 0.6 is 0 Å². The minimum Gasteiger partial charge on any atom is -0.394 e. The highest BCUT2D eigenvalue weighted by atomic mass is 16.3. The Bertz CT molecular complexity index is 579. The molecule has 1 heterocycles. The fourth-order valence-corrected chi connectivity index (χ4v) is 1.62. The van der Waals surface area contributed by atoms with Gasteiger partial charge in [0.2, 0.25) is 0 Å². The van der Waals surface area contributed by atoms with Gasteiger partial charge in [-0.15, -0.1) is 0 Å². The lowest BCUT2D eigenvalue weighted by Gasteiger charge is -1.98. The van der Waals surface area contributed by atoms with Crippen molar-refractivity contribution in [2.24, 2.45) is 0 Å². The van der Waals surface area contributed by atoms with Crippen LogP contribution in [0.15, 0.2) is 48.5 Å². The Morgan fingerprint density at radius 1 is 0.700 bits per heavy atom. The lowest BCUT2D eigenvalue weighted by atomic mass is 10.2. The molecule has 0 unspecified atom stereocenters. The maximum absolute atomic E-state index is 8.17. The van der Waals surface area contributed by atoms with E-state index in [1.165, 1.54) is 0 Å². The van der Waals surface area contributed by atoms with Gasteiger partial charge in [-0.2, -0.15) is 0 Å². The number of aliphatic hydroxyl groups excluding tert-OH is 3. The number of fused-ring (bicyclic) bond motifs is 2. The molecular formula is C15H16N2O3. The van der Waals surface area contributed by atoms with Crippen LogP contribution < -0.4 is 0 Å². The van der Waals surface area contributed by atoms with E-state index in [1.54, 1.807) is 0 Å². The van der Waals surface area contributed by atoms with Crippen molar-refractivity contribution in [3.05, 3.63) is 48.5 Å². The zero-order chi connectivity index (χ0) is 14.4. The largest absolute Gasteiger partial charge is 0.394 e. The minimum absolute atomic E-state index is 0.365. The Morgan fingerprint density at radius 2 is 1.00 bits per heavy atom. The van der Waals surface area contributed by atoms with Crippen LogP contribution in [-0.2, 0) is 0 Å². The van der Waals surface area contributed by atoms with Crippen LogP contribution in [0.5, 0.6) is 0 Å². The van der Waals surface area contributed by atoms with Gasteiger partial charge in [0.05, 0.1) is 35.3 Å². The van der Waals surface area contributed by atoms with Crippen molar-refractivity contribution in [2.75, 3.05) is 13.2 Å². The minimum atomic E-state index is -0.954. The third kappa shape index (κ3) is 3.48. The predicted octanol–water partition coefficient (Wildman–Crippen LogP) is 1.11. The van der Waals surface area contributed by atoms with Crippen LogP contribution in [-0.4, -0.2) is 44.6 Å². The van der Waals surface area contributed by atoms with Crippen LogP contribution in [0.2, 0.25) is 0 Å². The van der Waals surface area contributed by atoms with Gasteiger partial charge in [-0.05, 0) is 24.3 Å². The maximum atomic E-state index is 8.17. The molecule has 3 rings (SSSR count). The van der Waals surface area contributed by atoms with E-state index in [-0.39, 0.29) is 13.2 Å². The standard InChI is InChI=1S/C12H8N2.C3H8O3/c1-2-6-10-9(5-1)13-11-7-3-4-8-12(11)14-10;4-1-3(6)2-5/h1-8H;3-6H,1-2H2. The summed E-state index contributed by atoms with van der Waals surface area (Å²) in [5.41, 5.74) is 3.80. The van der Waals surface area contributed by atoms with Crippen molar-refractivity contribution in [3.8, 4) is 0 Å². The highest BCUT2D eigenvalue weighted by molar-refractivity contribution is 5.85. The lowest BCUT2D eigenvalue weighted by molar-refractivity contribution is 0.0450. The Kier molecular flexibility index (Phi) is 4.95. The molecule has 2 aromatic carbocycles. The molecule has 0 fully saturated rings. The van der Waals surface area contributed by atoms with Crippen molar-refractivity contribution >= 4 is 22.1 Å². The number of aliphatic hydroxyl groups is 3. The van der Waals surface area contributed by atoms with Crippen LogP contribution in [0.1, 0.15) is 0 Å². The molecule has 0 spiro atoms. The number of nitrogens with zero attached hydrogens (tertiary/aromatic N) is 2. The van der Waals surface area contributed by atoms with Crippen molar-refractivity contribution in [1.82, 2.24) is 9.97 Å². The molecule has 0 bridgehead atoms. The van der Waals surface area contributed by atoms with Gasteiger partial charge >= 0.3 is 0 Å². The molecule has 0 radical (unpaired) electrons. The molecule has 0 atom stereocenters. The van der Waals surface area contributed by atoms with Crippen molar-refractivity contribution in [2.45, 2.75) is 6.10 Å². The molecule has 3 aromatic rings. The maximum Gasteiger partial charge on any atom is 0.100 e. The Labute approximate surface area is 116 Å². The number of aromatic nitrogens is 2. The fraction of sp³-hybridized carbons (Fsp3) is 0.200. The first-order valence-electron chi connectivity index (χ1n) is 6.26. The quantitative estimate of drug-likeness (QED) is 0.608. The van der Waals surface area contributed by atoms with E-state index in [0.717, 1.165) is 22.1 Å². The molecule has 0 aliphatic rings. The summed E-state index contributed by atoms with van der Waals surface area (Å²) in [6.07, 6.45) is -0.954. The summed E-state index contributed by atoms with van der Waals surface area (Å²) in [5.74, 6) is 0. The average Bonchev–Trinajstić information content (AvgIpc) is 2.52. The first-order valence-corrected chi connectivity index (χ1v) is 6.26. The molecule has 3 N–H and O–H groups in total. The molecule has 1 aromatic heterocycles. The number of rotatable bonds is 2. The molecule has 0 amide bonds.